The first-order valence-corrected chi connectivity index (χ1v) is 5.45. The molecule has 0 aromatic carbocycles. The largest absolute Gasteiger partial charge is 0.345 e. The molecule has 2 atom stereocenters. The smallest absolute Gasteiger partial charge is 0.304 e. The average Bonchev–Trinajstić information content (AvgIpc) is 2.52. The van der Waals surface area contributed by atoms with Gasteiger partial charge in [0.15, 0.2) is 0 Å². The molecule has 2 aliphatic rings. The maximum Gasteiger partial charge on any atom is 0.345 e. The fourth-order valence-corrected chi connectivity index (χ4v) is 2.16. The van der Waals surface area contributed by atoms with Gasteiger partial charge in [0.2, 0.25) is 0 Å². The van der Waals surface area contributed by atoms with E-state index >= 15 is 0 Å². The number of hydrogen-bond acceptors (Lipinski definition) is 4. The molecule has 3 amide bonds. The van der Waals surface area contributed by atoms with Gasteiger partial charge >= 0.3 is 6.03 Å². The summed E-state index contributed by atoms with van der Waals surface area (Å²) in [5, 5.41) is 10.1. The summed E-state index contributed by atoms with van der Waals surface area (Å²) < 4.78 is 0. The number of hydroxylamine groups is 3. The first kappa shape index (κ1) is 11.9. The zero-order valence-corrected chi connectivity index (χ0v) is 9.71. The van der Waals surface area contributed by atoms with E-state index in [1.165, 1.54) is 4.90 Å². The Kier molecular flexibility index (Phi) is 3.03. The Morgan fingerprint density at radius 1 is 1.71 bits per heavy atom. The molecular weight excluding hydrogens is 226 g/mol. The van der Waals surface area contributed by atoms with Crippen LogP contribution in [0.4, 0.5) is 4.79 Å². The second-order valence-electron chi connectivity index (χ2n) is 4.06. The Balaban J connectivity index is 2.18. The third-order valence-corrected chi connectivity index (χ3v) is 2.90. The lowest BCUT2D eigenvalue weighted by Crippen LogP contribution is -2.49. The van der Waals surface area contributed by atoms with Crippen molar-refractivity contribution in [3.63, 3.8) is 0 Å². The monoisotopic (exact) mass is 241 g/mol. The van der Waals surface area contributed by atoms with Crippen molar-refractivity contribution in [2.24, 2.45) is 0 Å². The summed E-state index contributed by atoms with van der Waals surface area (Å²) in [5.74, 6) is -0.400. The van der Waals surface area contributed by atoms with Crippen LogP contribution < -0.4 is 5.48 Å². The quantitative estimate of drug-likeness (QED) is 0.410. The molecule has 2 N–H and O–H groups in total. The molecule has 7 nitrogen and oxygen atoms in total. The lowest BCUT2D eigenvalue weighted by molar-refractivity contribution is -0.136. The zero-order chi connectivity index (χ0) is 12.6. The number of rotatable bonds is 3. The van der Waals surface area contributed by atoms with Crippen LogP contribution in [-0.4, -0.2) is 52.3 Å². The number of urea groups is 1. The number of hydrogen-bond donors (Lipinski definition) is 2. The van der Waals surface area contributed by atoms with Gasteiger partial charge in [-0.15, -0.1) is 0 Å². The van der Waals surface area contributed by atoms with Gasteiger partial charge in [0, 0.05) is 0 Å². The molecule has 0 radical (unpaired) electrons. The standard InChI is InChI=1S/C10H15N3O4/c1-3-17-11-9(14)8-6(2)4-7-5-12(8)10(15)13(7)16/h4,7-8,16H,3,5H2,1-2H3,(H,11,14)/t7-,8+/m1/s1. The normalized spacial score (nSPS) is 27.2. The molecule has 7 heteroatoms. The van der Waals surface area contributed by atoms with E-state index in [0.29, 0.717) is 18.2 Å². The highest BCUT2D eigenvalue weighted by molar-refractivity contribution is 5.91. The molecule has 0 unspecified atom stereocenters. The molecule has 0 spiro atoms. The highest BCUT2D eigenvalue weighted by atomic mass is 16.6. The molecule has 17 heavy (non-hydrogen) atoms. The van der Waals surface area contributed by atoms with Gasteiger partial charge in [-0.2, -0.15) is 5.06 Å². The number of fused-ring (bicyclic) bond motifs is 2. The van der Waals surface area contributed by atoms with Gasteiger partial charge in [-0.05, 0) is 19.4 Å². The molecule has 0 aromatic heterocycles. The van der Waals surface area contributed by atoms with Crippen molar-refractivity contribution in [3.05, 3.63) is 11.6 Å². The van der Waals surface area contributed by atoms with Gasteiger partial charge in [-0.25, -0.2) is 10.3 Å². The van der Waals surface area contributed by atoms with Gasteiger partial charge in [-0.3, -0.25) is 14.8 Å². The molecule has 0 aliphatic carbocycles. The molecule has 1 fully saturated rings. The molecular formula is C10H15N3O4. The Labute approximate surface area is 98.5 Å². The summed E-state index contributed by atoms with van der Waals surface area (Å²) in [7, 11) is 0. The van der Waals surface area contributed by atoms with E-state index in [1.54, 1.807) is 19.9 Å². The molecule has 94 valence electrons. The van der Waals surface area contributed by atoms with E-state index in [4.69, 9.17) is 4.84 Å². The first-order valence-electron chi connectivity index (χ1n) is 5.45. The van der Waals surface area contributed by atoms with Crippen LogP contribution >= 0.6 is 0 Å². The minimum absolute atomic E-state index is 0.316. The van der Waals surface area contributed by atoms with Crippen LogP contribution in [0.15, 0.2) is 11.6 Å². The Bertz CT molecular complexity index is 382. The highest BCUT2D eigenvalue weighted by Crippen LogP contribution is 2.27. The van der Waals surface area contributed by atoms with Gasteiger partial charge < -0.3 is 4.90 Å². The van der Waals surface area contributed by atoms with E-state index in [2.05, 4.69) is 5.48 Å². The lowest BCUT2D eigenvalue weighted by atomic mass is 10.0. The first-order chi connectivity index (χ1) is 8.06. The summed E-state index contributed by atoms with van der Waals surface area (Å²) >= 11 is 0. The third kappa shape index (κ3) is 1.87. The molecule has 2 rings (SSSR count). The minimum Gasteiger partial charge on any atom is -0.304 e. The summed E-state index contributed by atoms with van der Waals surface area (Å²) in [6.07, 6.45) is 1.72. The van der Waals surface area contributed by atoms with Crippen molar-refractivity contribution < 1.29 is 19.6 Å². The predicted octanol–water partition coefficient (Wildman–Crippen LogP) is -0.122. The van der Waals surface area contributed by atoms with Gasteiger partial charge in [-0.1, -0.05) is 6.08 Å². The molecule has 2 aliphatic heterocycles. The number of carbonyl (C=O) groups excluding carboxylic acids is 2. The summed E-state index contributed by atoms with van der Waals surface area (Å²) in [4.78, 5) is 29.7. The van der Waals surface area contributed by atoms with Crippen LogP contribution in [0, 0.1) is 0 Å². The topological polar surface area (TPSA) is 82.1 Å². The van der Waals surface area contributed by atoms with Crippen LogP contribution in [0.5, 0.6) is 0 Å². The fourth-order valence-electron chi connectivity index (χ4n) is 2.16. The average molecular weight is 241 g/mol. The van der Waals surface area contributed by atoms with Crippen LogP contribution in [-0.2, 0) is 9.63 Å². The SMILES string of the molecule is CCONC(=O)[C@@H]1C(C)=C[C@@H]2CN1C(=O)N2O. The van der Waals surface area contributed by atoms with Crippen molar-refractivity contribution >= 4 is 11.9 Å². The highest BCUT2D eigenvalue weighted by Gasteiger charge is 2.46. The molecule has 1 saturated heterocycles. The maximum absolute atomic E-state index is 11.8. The van der Waals surface area contributed by atoms with E-state index < -0.39 is 18.0 Å². The molecule has 2 bridgehead atoms. The van der Waals surface area contributed by atoms with Crippen molar-refractivity contribution in [1.29, 1.82) is 0 Å². The molecule has 0 saturated carbocycles. The van der Waals surface area contributed by atoms with Crippen LogP contribution in [0.3, 0.4) is 0 Å². The van der Waals surface area contributed by atoms with Gasteiger partial charge in [0.05, 0.1) is 19.2 Å². The third-order valence-electron chi connectivity index (χ3n) is 2.90. The maximum atomic E-state index is 11.8. The van der Waals surface area contributed by atoms with Crippen molar-refractivity contribution in [2.75, 3.05) is 13.2 Å². The fraction of sp³-hybridized carbons (Fsp3) is 0.600. The van der Waals surface area contributed by atoms with E-state index in [9.17, 15) is 14.8 Å². The summed E-state index contributed by atoms with van der Waals surface area (Å²) in [5.41, 5.74) is 3.00. The Morgan fingerprint density at radius 2 is 2.41 bits per heavy atom. The Morgan fingerprint density at radius 3 is 3.06 bits per heavy atom. The van der Waals surface area contributed by atoms with E-state index in [0.717, 1.165) is 5.57 Å². The van der Waals surface area contributed by atoms with Crippen LogP contribution in [0.1, 0.15) is 13.8 Å². The van der Waals surface area contributed by atoms with Crippen molar-refractivity contribution in [1.82, 2.24) is 15.4 Å². The van der Waals surface area contributed by atoms with Crippen LogP contribution in [0.2, 0.25) is 0 Å². The zero-order valence-electron chi connectivity index (χ0n) is 9.71. The molecule has 0 aromatic rings. The summed E-state index contributed by atoms with van der Waals surface area (Å²) in [6.45, 7) is 4.17. The number of nitrogens with one attached hydrogen (secondary N) is 1. The van der Waals surface area contributed by atoms with Gasteiger partial charge in [0.1, 0.15) is 6.04 Å². The Hall–Kier alpha value is -1.60. The second-order valence-corrected chi connectivity index (χ2v) is 4.06. The second kappa shape index (κ2) is 4.34. The lowest BCUT2D eigenvalue weighted by Gasteiger charge is -2.28. The van der Waals surface area contributed by atoms with E-state index in [1.807, 2.05) is 0 Å². The van der Waals surface area contributed by atoms with Crippen molar-refractivity contribution in [3.8, 4) is 0 Å². The predicted molar refractivity (Wildman–Crippen MR) is 56.8 cm³/mol. The minimum atomic E-state index is -0.706. The number of nitrogens with zero attached hydrogens (tertiary/aromatic N) is 2. The summed E-state index contributed by atoms with van der Waals surface area (Å²) in [6, 6.07) is -1.62. The van der Waals surface area contributed by atoms with E-state index in [-0.39, 0.29) is 6.04 Å². The molecule has 2 heterocycles. The van der Waals surface area contributed by atoms with Gasteiger partial charge in [0.25, 0.3) is 5.91 Å². The van der Waals surface area contributed by atoms with Crippen molar-refractivity contribution in [2.45, 2.75) is 25.9 Å². The number of carbonyl (C=O) groups is 2. The number of amides is 3. The van der Waals surface area contributed by atoms with Crippen LogP contribution in [0.25, 0.3) is 0 Å².